The Kier molecular flexibility index (Phi) is 8.39. The first kappa shape index (κ1) is 27.8. The van der Waals surface area contributed by atoms with Crippen molar-refractivity contribution in [2.75, 3.05) is 18.5 Å². The molecule has 40 heavy (non-hydrogen) atoms. The molecule has 13 nitrogen and oxygen atoms in total. The van der Waals surface area contributed by atoms with Crippen molar-refractivity contribution in [2.45, 2.75) is 6.92 Å². The molecule has 0 aliphatic carbocycles. The molecule has 3 aromatic carbocycles. The van der Waals surface area contributed by atoms with Crippen molar-refractivity contribution in [3.63, 3.8) is 0 Å². The molecule has 0 spiro atoms. The van der Waals surface area contributed by atoms with Gasteiger partial charge in [-0.2, -0.15) is 0 Å². The van der Waals surface area contributed by atoms with E-state index in [4.69, 9.17) is 9.47 Å². The van der Waals surface area contributed by atoms with Crippen LogP contribution in [0.4, 0.5) is 21.9 Å². The molecule has 0 unspecified atom stereocenters. The third-order valence-corrected chi connectivity index (χ3v) is 6.28. The maximum absolute atomic E-state index is 12.9. The Bertz CT molecular complexity index is 1540. The topological polar surface area (TPSA) is 171 Å². The van der Waals surface area contributed by atoms with Crippen molar-refractivity contribution >= 4 is 52.0 Å². The number of benzene rings is 3. The van der Waals surface area contributed by atoms with Gasteiger partial charge in [0, 0.05) is 11.8 Å². The van der Waals surface area contributed by atoms with Gasteiger partial charge in [0.15, 0.2) is 11.5 Å². The Morgan fingerprint density at radius 1 is 0.975 bits per heavy atom. The number of nitro groups is 2. The van der Waals surface area contributed by atoms with E-state index in [2.05, 4.69) is 5.32 Å². The molecular formula is C26H20N4O9S. The fourth-order valence-electron chi connectivity index (χ4n) is 3.59. The Morgan fingerprint density at radius 2 is 1.70 bits per heavy atom. The number of nitro benzene ring substituents is 2. The first-order valence-corrected chi connectivity index (χ1v) is 12.5. The van der Waals surface area contributed by atoms with Gasteiger partial charge in [0.05, 0.1) is 27.4 Å². The van der Waals surface area contributed by atoms with Crippen LogP contribution >= 0.6 is 11.8 Å². The quantitative estimate of drug-likeness (QED) is 0.192. The Balaban J connectivity index is 1.54. The van der Waals surface area contributed by atoms with Gasteiger partial charge in [-0.15, -0.1) is 0 Å². The van der Waals surface area contributed by atoms with Gasteiger partial charge < -0.3 is 14.8 Å². The minimum Gasteiger partial charge on any atom is -0.490 e. The van der Waals surface area contributed by atoms with Crippen LogP contribution in [0.25, 0.3) is 6.08 Å². The first-order chi connectivity index (χ1) is 19.2. The smallest absolute Gasteiger partial charge is 0.318 e. The normalized spacial score (nSPS) is 13.8. The van der Waals surface area contributed by atoms with E-state index in [0.717, 1.165) is 23.1 Å². The van der Waals surface area contributed by atoms with Crippen molar-refractivity contribution in [1.29, 1.82) is 0 Å². The zero-order chi connectivity index (χ0) is 28.8. The molecule has 4 rings (SSSR count). The van der Waals surface area contributed by atoms with Crippen LogP contribution in [0.1, 0.15) is 12.5 Å². The number of non-ortho nitro benzene ring substituents is 1. The largest absolute Gasteiger partial charge is 0.490 e. The molecule has 1 aliphatic heterocycles. The van der Waals surface area contributed by atoms with Gasteiger partial charge in [-0.25, -0.2) is 0 Å². The average molecular weight is 565 g/mol. The van der Waals surface area contributed by atoms with Crippen LogP contribution in [-0.4, -0.2) is 45.0 Å². The number of imide groups is 1. The van der Waals surface area contributed by atoms with Crippen LogP contribution in [0, 0.1) is 20.2 Å². The molecule has 1 N–H and O–H groups in total. The third kappa shape index (κ3) is 6.42. The Labute approximate surface area is 230 Å². The highest BCUT2D eigenvalue weighted by atomic mass is 32.2. The number of anilines is 1. The molecule has 0 bridgehead atoms. The van der Waals surface area contributed by atoms with Gasteiger partial charge in [-0.3, -0.25) is 39.5 Å². The lowest BCUT2D eigenvalue weighted by Crippen LogP contribution is -2.36. The fourth-order valence-corrected chi connectivity index (χ4v) is 4.43. The van der Waals surface area contributed by atoms with Gasteiger partial charge in [0.2, 0.25) is 11.7 Å². The predicted octanol–water partition coefficient (Wildman–Crippen LogP) is 5.37. The predicted molar refractivity (Wildman–Crippen MR) is 145 cm³/mol. The number of nitrogens with one attached hydrogen (secondary N) is 1. The highest BCUT2D eigenvalue weighted by Crippen LogP contribution is 2.39. The van der Waals surface area contributed by atoms with Crippen LogP contribution in [0.2, 0.25) is 0 Å². The van der Waals surface area contributed by atoms with Gasteiger partial charge in [0.1, 0.15) is 6.54 Å². The molecular weight excluding hydrogens is 544 g/mol. The van der Waals surface area contributed by atoms with Crippen molar-refractivity contribution in [3.8, 4) is 17.2 Å². The van der Waals surface area contributed by atoms with E-state index >= 15 is 0 Å². The van der Waals surface area contributed by atoms with E-state index in [-0.39, 0.29) is 28.8 Å². The number of hydrogen-bond acceptors (Lipinski definition) is 10. The second kappa shape index (κ2) is 12.1. The molecule has 3 aromatic rings. The SMILES string of the molecule is CCOc1cc(/C=C2\SC(=O)N(CC(=O)Nc3ccccc3)C2=O)ccc1Oc1ccc([N+](=O)[O-])cc1[N+](=O)[O-]. The summed E-state index contributed by atoms with van der Waals surface area (Å²) in [6.45, 7) is 1.45. The Morgan fingerprint density at radius 3 is 2.38 bits per heavy atom. The van der Waals surface area contributed by atoms with Crippen LogP contribution in [0.5, 0.6) is 17.2 Å². The summed E-state index contributed by atoms with van der Waals surface area (Å²) < 4.78 is 11.3. The summed E-state index contributed by atoms with van der Waals surface area (Å²) in [6, 6.07) is 16.1. The summed E-state index contributed by atoms with van der Waals surface area (Å²) in [4.78, 5) is 59.5. The lowest BCUT2D eigenvalue weighted by atomic mass is 10.1. The van der Waals surface area contributed by atoms with E-state index in [1.165, 1.54) is 24.3 Å². The second-order valence-corrected chi connectivity index (χ2v) is 9.08. The molecule has 1 saturated heterocycles. The van der Waals surface area contributed by atoms with Gasteiger partial charge in [0.25, 0.3) is 16.8 Å². The number of hydrogen-bond donors (Lipinski definition) is 1. The molecule has 3 amide bonds. The van der Waals surface area contributed by atoms with Gasteiger partial charge in [-0.1, -0.05) is 24.3 Å². The van der Waals surface area contributed by atoms with Crippen molar-refractivity contribution in [3.05, 3.63) is 97.4 Å². The lowest BCUT2D eigenvalue weighted by molar-refractivity contribution is -0.394. The van der Waals surface area contributed by atoms with Crippen LogP contribution in [-0.2, 0) is 9.59 Å². The number of para-hydroxylation sites is 1. The molecule has 1 aliphatic rings. The monoisotopic (exact) mass is 564 g/mol. The van der Waals surface area contributed by atoms with Crippen molar-refractivity contribution < 1.29 is 33.7 Å². The summed E-state index contributed by atoms with van der Waals surface area (Å²) in [5.74, 6) is -1.15. The van der Waals surface area contributed by atoms with Crippen molar-refractivity contribution in [2.24, 2.45) is 0 Å². The minimum atomic E-state index is -0.798. The summed E-state index contributed by atoms with van der Waals surface area (Å²) in [7, 11) is 0. The molecule has 0 radical (unpaired) electrons. The summed E-state index contributed by atoms with van der Waals surface area (Å²) in [5.41, 5.74) is -0.0929. The van der Waals surface area contributed by atoms with Crippen molar-refractivity contribution in [1.82, 2.24) is 4.90 Å². The summed E-state index contributed by atoms with van der Waals surface area (Å²) in [5, 5.41) is 24.5. The van der Waals surface area contributed by atoms with Crippen LogP contribution < -0.4 is 14.8 Å². The highest BCUT2D eigenvalue weighted by Gasteiger charge is 2.36. The molecule has 0 atom stereocenters. The average Bonchev–Trinajstić information content (AvgIpc) is 3.17. The first-order valence-electron chi connectivity index (χ1n) is 11.6. The summed E-state index contributed by atoms with van der Waals surface area (Å²) >= 11 is 0.676. The molecule has 0 saturated carbocycles. The van der Waals surface area contributed by atoms with E-state index < -0.39 is 44.8 Å². The lowest BCUT2D eigenvalue weighted by Gasteiger charge is -2.13. The van der Waals surface area contributed by atoms with Gasteiger partial charge >= 0.3 is 5.69 Å². The van der Waals surface area contributed by atoms with Crippen LogP contribution in [0.3, 0.4) is 0 Å². The number of ether oxygens (including phenoxy) is 2. The minimum absolute atomic E-state index is 0.0830. The molecule has 1 fully saturated rings. The number of amides is 3. The maximum atomic E-state index is 12.9. The van der Waals surface area contributed by atoms with Crippen LogP contribution in [0.15, 0.2) is 71.6 Å². The summed E-state index contributed by atoms with van der Waals surface area (Å²) in [6.07, 6.45) is 1.45. The molecule has 0 aromatic heterocycles. The number of carbonyl (C=O) groups excluding carboxylic acids is 3. The van der Waals surface area contributed by atoms with E-state index in [0.29, 0.717) is 23.0 Å². The Hall–Kier alpha value is -5.24. The maximum Gasteiger partial charge on any atom is 0.318 e. The van der Waals surface area contributed by atoms with Gasteiger partial charge in [-0.05, 0) is 60.7 Å². The fraction of sp³-hybridized carbons (Fsp3) is 0.115. The van der Waals surface area contributed by atoms with E-state index in [1.54, 1.807) is 37.3 Å². The number of carbonyl (C=O) groups is 3. The number of nitrogens with zero attached hydrogens (tertiary/aromatic N) is 3. The standard InChI is InChI=1S/C26H20N4O9S/c1-2-38-22-12-16(8-10-21(22)39-20-11-9-18(29(34)35)14-19(20)30(36)37)13-23-25(32)28(26(33)40-23)15-24(31)27-17-6-4-3-5-7-17/h3-14H,2,15H2,1H3,(H,27,31)/b23-13-. The molecule has 204 valence electrons. The highest BCUT2D eigenvalue weighted by molar-refractivity contribution is 8.18. The second-order valence-electron chi connectivity index (χ2n) is 8.09. The van der Waals surface area contributed by atoms with E-state index in [9.17, 15) is 34.6 Å². The number of rotatable bonds is 10. The zero-order valence-corrected chi connectivity index (χ0v) is 21.6. The third-order valence-electron chi connectivity index (χ3n) is 5.37. The van der Waals surface area contributed by atoms with E-state index in [1.807, 2.05) is 0 Å². The zero-order valence-electron chi connectivity index (χ0n) is 20.8. The molecule has 14 heteroatoms. The number of thioether (sulfide) groups is 1. The molecule has 1 heterocycles.